The Labute approximate surface area is 141 Å². The van der Waals surface area contributed by atoms with Gasteiger partial charge in [-0.2, -0.15) is 5.10 Å². The van der Waals surface area contributed by atoms with Gasteiger partial charge in [-0.05, 0) is 43.1 Å². The summed E-state index contributed by atoms with van der Waals surface area (Å²) >= 11 is 7.27. The Kier molecular flexibility index (Phi) is 3.32. The summed E-state index contributed by atoms with van der Waals surface area (Å²) in [6.07, 6.45) is 0. The number of hydrogen-bond donors (Lipinski definition) is 4. The van der Waals surface area contributed by atoms with Crippen LogP contribution in [-0.4, -0.2) is 21.3 Å². The molecule has 0 fully saturated rings. The molecule has 8 heteroatoms. The van der Waals surface area contributed by atoms with E-state index in [9.17, 15) is 5.11 Å². The quantitative estimate of drug-likeness (QED) is 0.502. The van der Waals surface area contributed by atoms with Gasteiger partial charge in [0.05, 0.1) is 10.4 Å². The number of halogens is 1. The molecule has 1 aliphatic rings. The first-order valence-electron chi connectivity index (χ1n) is 6.86. The second-order valence-electron chi connectivity index (χ2n) is 5.14. The number of nitrogens with zero attached hydrogens (tertiary/aromatic N) is 2. The number of H-pyrrole nitrogens is 1. The molecule has 0 atom stereocenters. The monoisotopic (exact) mass is 345 g/mol. The van der Waals surface area contributed by atoms with E-state index in [1.807, 2.05) is 25.1 Å². The number of aromatic hydroxyl groups is 1. The van der Waals surface area contributed by atoms with Crippen LogP contribution in [0.3, 0.4) is 0 Å². The predicted molar refractivity (Wildman–Crippen MR) is 93.7 cm³/mol. The van der Waals surface area contributed by atoms with Crippen LogP contribution in [-0.2, 0) is 0 Å². The summed E-state index contributed by atoms with van der Waals surface area (Å²) in [6.45, 7) is 1.98. The van der Waals surface area contributed by atoms with Crippen LogP contribution in [0.1, 0.15) is 5.69 Å². The van der Waals surface area contributed by atoms with Crippen LogP contribution in [0.15, 0.2) is 40.2 Å². The second kappa shape index (κ2) is 5.36. The zero-order chi connectivity index (χ0) is 16.0. The number of phenolic OH excluding ortho intramolecular Hbond substituents is 1. The molecule has 2 aromatic carbocycles. The van der Waals surface area contributed by atoms with Gasteiger partial charge in [-0.15, -0.1) is 0 Å². The summed E-state index contributed by atoms with van der Waals surface area (Å²) in [5.74, 6) is 0.589. The highest BCUT2D eigenvalue weighted by molar-refractivity contribution is 7.98. The first-order chi connectivity index (χ1) is 11.1. The maximum Gasteiger partial charge on any atom is 0.211 e. The fourth-order valence-electron chi connectivity index (χ4n) is 2.40. The first kappa shape index (κ1) is 14.2. The Balaban J connectivity index is 1.66. The number of aliphatic imine (C=N–C) groups is 1. The summed E-state index contributed by atoms with van der Waals surface area (Å²) < 4.78 is 3.09. The number of guanidine groups is 1. The van der Waals surface area contributed by atoms with Crippen molar-refractivity contribution in [1.82, 2.24) is 14.9 Å². The number of nitrogens with one attached hydrogen (secondary N) is 3. The van der Waals surface area contributed by atoms with Crippen LogP contribution in [0.2, 0.25) is 5.02 Å². The van der Waals surface area contributed by atoms with Crippen LogP contribution in [0.5, 0.6) is 5.75 Å². The molecule has 0 radical (unpaired) electrons. The Bertz CT molecular complexity index is 952. The standard InChI is InChI=1S/C15H12ClN5OS/c1-7-10-3-2-9(6-11(10)20-19-7)17-15-18-14-12(22)4-8(16)5-13(14)23-21-15/h2-6,22H,1H3,(H,19,20)(H2,17,18,21). The third-order valence-corrected chi connectivity index (χ3v) is 4.55. The smallest absolute Gasteiger partial charge is 0.211 e. The van der Waals surface area contributed by atoms with E-state index >= 15 is 0 Å². The second-order valence-corrected chi connectivity index (χ2v) is 6.43. The molecule has 1 aromatic heterocycles. The van der Waals surface area contributed by atoms with Crippen molar-refractivity contribution in [2.24, 2.45) is 4.99 Å². The van der Waals surface area contributed by atoms with Gasteiger partial charge in [-0.3, -0.25) is 9.82 Å². The fraction of sp³-hybridized carbons (Fsp3) is 0.0667. The van der Waals surface area contributed by atoms with E-state index in [-0.39, 0.29) is 5.75 Å². The number of aromatic nitrogens is 2. The molecule has 116 valence electrons. The molecular formula is C15H12ClN5OS. The lowest BCUT2D eigenvalue weighted by atomic mass is 10.2. The fourth-order valence-corrected chi connectivity index (χ4v) is 3.42. The molecule has 3 aromatic rings. The average Bonchev–Trinajstić information content (AvgIpc) is 2.89. The first-order valence-corrected chi connectivity index (χ1v) is 8.05. The zero-order valence-electron chi connectivity index (χ0n) is 12.0. The largest absolute Gasteiger partial charge is 0.506 e. The molecule has 0 unspecified atom stereocenters. The SMILES string of the molecule is Cc1[nH]nc2cc(NC3=Nc4c(O)cc(Cl)cc4SN3)ccc12. The lowest BCUT2D eigenvalue weighted by Gasteiger charge is -2.18. The van der Waals surface area contributed by atoms with Crippen LogP contribution < -0.4 is 10.0 Å². The van der Waals surface area contributed by atoms with E-state index in [4.69, 9.17) is 11.6 Å². The minimum Gasteiger partial charge on any atom is -0.506 e. The van der Waals surface area contributed by atoms with Crippen LogP contribution in [0.4, 0.5) is 11.4 Å². The Morgan fingerprint density at radius 2 is 2.13 bits per heavy atom. The van der Waals surface area contributed by atoms with Crippen molar-refractivity contribution < 1.29 is 5.11 Å². The van der Waals surface area contributed by atoms with E-state index in [2.05, 4.69) is 25.2 Å². The van der Waals surface area contributed by atoms with Crippen molar-refractivity contribution in [3.05, 3.63) is 41.0 Å². The van der Waals surface area contributed by atoms with E-state index in [1.54, 1.807) is 6.07 Å². The van der Waals surface area contributed by atoms with Gasteiger partial charge in [0, 0.05) is 27.9 Å². The third-order valence-electron chi connectivity index (χ3n) is 3.51. The highest BCUT2D eigenvalue weighted by Gasteiger charge is 2.17. The van der Waals surface area contributed by atoms with Gasteiger partial charge in [0.2, 0.25) is 5.96 Å². The number of anilines is 1. The van der Waals surface area contributed by atoms with Gasteiger partial charge < -0.3 is 10.4 Å². The molecule has 4 N–H and O–H groups in total. The summed E-state index contributed by atoms with van der Waals surface area (Å²) in [5.41, 5.74) is 3.27. The number of aryl methyl sites for hydroxylation is 1. The van der Waals surface area contributed by atoms with Crippen molar-refractivity contribution in [3.8, 4) is 5.75 Å². The van der Waals surface area contributed by atoms with Crippen molar-refractivity contribution in [3.63, 3.8) is 0 Å². The van der Waals surface area contributed by atoms with Crippen LogP contribution in [0.25, 0.3) is 10.9 Å². The number of rotatable bonds is 1. The lowest BCUT2D eigenvalue weighted by Crippen LogP contribution is -2.26. The van der Waals surface area contributed by atoms with Gasteiger partial charge in [0.25, 0.3) is 0 Å². The Morgan fingerprint density at radius 1 is 1.26 bits per heavy atom. The van der Waals surface area contributed by atoms with E-state index in [1.165, 1.54) is 18.0 Å². The highest BCUT2D eigenvalue weighted by atomic mass is 35.5. The average molecular weight is 346 g/mol. The number of fused-ring (bicyclic) bond motifs is 2. The number of benzene rings is 2. The molecule has 0 spiro atoms. The lowest BCUT2D eigenvalue weighted by molar-refractivity contribution is 0.475. The third kappa shape index (κ3) is 2.58. The Morgan fingerprint density at radius 3 is 3.00 bits per heavy atom. The predicted octanol–water partition coefficient (Wildman–Crippen LogP) is 3.94. The number of phenols is 1. The number of aromatic amines is 1. The maximum atomic E-state index is 9.99. The van der Waals surface area contributed by atoms with Crippen molar-refractivity contribution in [2.45, 2.75) is 11.8 Å². The van der Waals surface area contributed by atoms with Gasteiger partial charge in [-0.1, -0.05) is 11.6 Å². The minimum atomic E-state index is 0.0548. The minimum absolute atomic E-state index is 0.0548. The van der Waals surface area contributed by atoms with Gasteiger partial charge >= 0.3 is 0 Å². The summed E-state index contributed by atoms with van der Waals surface area (Å²) in [4.78, 5) is 5.18. The molecule has 0 saturated carbocycles. The van der Waals surface area contributed by atoms with Gasteiger partial charge in [0.1, 0.15) is 11.4 Å². The molecular weight excluding hydrogens is 334 g/mol. The molecule has 4 rings (SSSR count). The molecule has 0 saturated heterocycles. The van der Waals surface area contributed by atoms with Crippen LogP contribution >= 0.6 is 23.5 Å². The summed E-state index contributed by atoms with van der Waals surface area (Å²) in [5, 5.41) is 21.9. The van der Waals surface area contributed by atoms with E-state index in [0.717, 1.165) is 27.2 Å². The number of hydrogen-bond acceptors (Lipinski definition) is 6. The van der Waals surface area contributed by atoms with Gasteiger partial charge in [-0.25, -0.2) is 4.99 Å². The van der Waals surface area contributed by atoms with Crippen molar-refractivity contribution >= 4 is 51.8 Å². The van der Waals surface area contributed by atoms with Crippen LogP contribution in [0, 0.1) is 6.92 Å². The van der Waals surface area contributed by atoms with Crippen molar-refractivity contribution in [1.29, 1.82) is 0 Å². The molecule has 0 bridgehead atoms. The van der Waals surface area contributed by atoms with E-state index < -0.39 is 0 Å². The molecule has 0 aliphatic carbocycles. The molecule has 23 heavy (non-hydrogen) atoms. The summed E-state index contributed by atoms with van der Waals surface area (Å²) in [7, 11) is 0. The van der Waals surface area contributed by atoms with E-state index in [0.29, 0.717) is 16.7 Å². The topological polar surface area (TPSA) is 85.3 Å². The molecule has 2 heterocycles. The normalized spacial score (nSPS) is 13.4. The summed E-state index contributed by atoms with van der Waals surface area (Å²) in [6, 6.07) is 9.12. The zero-order valence-corrected chi connectivity index (χ0v) is 13.6. The maximum absolute atomic E-state index is 9.99. The molecule has 0 amide bonds. The highest BCUT2D eigenvalue weighted by Crippen LogP contribution is 2.41. The van der Waals surface area contributed by atoms with Crippen molar-refractivity contribution in [2.75, 3.05) is 5.32 Å². The molecule has 1 aliphatic heterocycles. The van der Waals surface area contributed by atoms with Gasteiger partial charge in [0.15, 0.2) is 0 Å². The molecule has 6 nitrogen and oxygen atoms in total. The Hall–Kier alpha value is -2.38.